The Morgan fingerprint density at radius 1 is 1.05 bits per heavy atom. The third-order valence-electron chi connectivity index (χ3n) is 8.40. The summed E-state index contributed by atoms with van der Waals surface area (Å²) in [6.07, 6.45) is 4.67. The molecule has 2 bridgehead atoms. The van der Waals surface area contributed by atoms with E-state index < -0.39 is 63.7 Å². The van der Waals surface area contributed by atoms with Gasteiger partial charge >= 0.3 is 21.5 Å². The van der Waals surface area contributed by atoms with E-state index in [1.54, 1.807) is 0 Å². The van der Waals surface area contributed by atoms with Crippen LogP contribution in [0.1, 0.15) is 40.0 Å². The van der Waals surface area contributed by atoms with Crippen LogP contribution in [0, 0.1) is 23.6 Å². The zero-order valence-electron chi connectivity index (χ0n) is 23.3. The molecule has 0 spiro atoms. The number of carboxylic acids is 1. The van der Waals surface area contributed by atoms with Gasteiger partial charge in [-0.3, -0.25) is 9.59 Å². The summed E-state index contributed by atoms with van der Waals surface area (Å²) in [5.41, 5.74) is -5.15. The minimum atomic E-state index is -5.54. The molecule has 44 heavy (non-hydrogen) atoms. The van der Waals surface area contributed by atoms with Crippen LogP contribution < -0.4 is 15.4 Å². The first-order valence-corrected chi connectivity index (χ1v) is 15.2. The molecular weight excluding hydrogens is 610 g/mol. The Morgan fingerprint density at radius 3 is 2.36 bits per heavy atom. The van der Waals surface area contributed by atoms with Crippen LogP contribution in [0.25, 0.3) is 11.1 Å². The van der Waals surface area contributed by atoms with Crippen molar-refractivity contribution in [1.29, 1.82) is 0 Å². The lowest BCUT2D eigenvalue weighted by molar-refractivity contribution is -0.127. The van der Waals surface area contributed by atoms with Gasteiger partial charge in [0.2, 0.25) is 5.91 Å². The number of hydrogen-bond acceptors (Lipinski definition) is 6. The lowest BCUT2D eigenvalue weighted by Gasteiger charge is -2.34. The summed E-state index contributed by atoms with van der Waals surface area (Å²) in [5.74, 6) is -4.38. The predicted molar refractivity (Wildman–Crippen MR) is 149 cm³/mol. The smallest absolute Gasteiger partial charge is 0.496 e. The summed E-state index contributed by atoms with van der Waals surface area (Å²) in [7, 11) is -4.28. The molecule has 236 valence electrons. The molecule has 2 aromatic rings. The fourth-order valence-corrected chi connectivity index (χ4v) is 7.28. The van der Waals surface area contributed by atoms with Crippen LogP contribution in [0.4, 0.5) is 17.6 Å². The summed E-state index contributed by atoms with van der Waals surface area (Å²) in [6.45, 7) is -0.834. The van der Waals surface area contributed by atoms with Gasteiger partial charge in [0.25, 0.3) is 5.91 Å². The Balaban J connectivity index is 1.34. The maximum absolute atomic E-state index is 15.0. The van der Waals surface area contributed by atoms with E-state index in [0.29, 0.717) is 16.3 Å². The van der Waals surface area contributed by atoms with Crippen molar-refractivity contribution >= 4 is 27.8 Å². The van der Waals surface area contributed by atoms with Gasteiger partial charge in [-0.15, -0.1) is 0 Å². The SMILES string of the molecule is COc1cc(F)c(-c2ccc(C(=O)O)cc2)cc1C(=O)N[C@@H]1[C@H](C(=O)N[C@@H]2CCCN(S(=O)(=O)C(F)(F)F)C2)[C@H]2C=C[C@@H]1C2. The molecule has 0 radical (unpaired) electrons. The van der Waals surface area contributed by atoms with Crippen LogP contribution in [0.15, 0.2) is 48.6 Å². The maximum Gasteiger partial charge on any atom is 0.511 e. The largest absolute Gasteiger partial charge is 0.511 e. The second kappa shape index (κ2) is 11.8. The minimum absolute atomic E-state index is 0.00259. The highest BCUT2D eigenvalue weighted by Crippen LogP contribution is 2.44. The number of methoxy groups -OCH3 is 1. The molecule has 2 fully saturated rings. The van der Waals surface area contributed by atoms with Crippen molar-refractivity contribution in [3.05, 3.63) is 65.5 Å². The Morgan fingerprint density at radius 2 is 1.73 bits per heavy atom. The molecule has 5 atom stereocenters. The summed E-state index contributed by atoms with van der Waals surface area (Å²) in [6, 6.07) is 6.17. The molecule has 1 heterocycles. The Labute approximate surface area is 250 Å². The van der Waals surface area contributed by atoms with Gasteiger partial charge in [0, 0.05) is 36.8 Å². The second-order valence-corrected chi connectivity index (χ2v) is 13.0. The molecule has 1 saturated carbocycles. The van der Waals surface area contributed by atoms with Crippen LogP contribution in [-0.2, 0) is 14.8 Å². The molecule has 2 amide bonds. The van der Waals surface area contributed by atoms with Crippen molar-refractivity contribution in [2.24, 2.45) is 17.8 Å². The number of nitrogens with zero attached hydrogens (tertiary/aromatic N) is 1. The summed E-state index contributed by atoms with van der Waals surface area (Å²) in [5, 5.41) is 14.7. The molecule has 3 aliphatic rings. The molecule has 1 aliphatic heterocycles. The average molecular weight is 640 g/mol. The molecule has 0 aromatic heterocycles. The summed E-state index contributed by atoms with van der Waals surface area (Å²) >= 11 is 0. The van der Waals surface area contributed by atoms with Crippen LogP contribution in [-0.4, -0.2) is 73.4 Å². The van der Waals surface area contributed by atoms with E-state index >= 15 is 4.39 Å². The molecule has 10 nitrogen and oxygen atoms in total. The van der Waals surface area contributed by atoms with Gasteiger partial charge in [-0.25, -0.2) is 17.6 Å². The molecule has 2 aromatic carbocycles. The quantitative estimate of drug-likeness (QED) is 0.296. The number of hydrogen-bond donors (Lipinski definition) is 3. The Hall–Kier alpha value is -3.98. The van der Waals surface area contributed by atoms with E-state index in [2.05, 4.69) is 10.6 Å². The number of piperidine rings is 1. The van der Waals surface area contributed by atoms with E-state index in [0.717, 1.165) is 6.07 Å². The van der Waals surface area contributed by atoms with Crippen LogP contribution in [0.3, 0.4) is 0 Å². The fourth-order valence-electron chi connectivity index (χ4n) is 6.24. The van der Waals surface area contributed by atoms with Crippen LogP contribution in [0.5, 0.6) is 5.75 Å². The number of carboxylic acid groups (broad SMARTS) is 1. The van der Waals surface area contributed by atoms with Crippen molar-refractivity contribution in [2.75, 3.05) is 20.2 Å². The number of nitrogens with one attached hydrogen (secondary N) is 2. The standard InChI is InChI=1S/C29H29F4N3O7S/c1-43-23-13-22(30)20(15-4-6-16(7-5-15)28(39)40)12-21(23)26(37)35-25-18-9-8-17(11-18)24(25)27(38)34-19-3-2-10-36(14-19)44(41,42)29(31,32)33/h4-9,12-13,17-19,24-25H,2-3,10-11,14H2,1H3,(H,34,38)(H,35,37)(H,39,40)/t17-,18+,19+,24+,25-/m0/s1. The third-order valence-corrected chi connectivity index (χ3v) is 10.00. The molecule has 2 aliphatic carbocycles. The van der Waals surface area contributed by atoms with E-state index in [-0.39, 0.29) is 53.7 Å². The second-order valence-electron chi connectivity index (χ2n) is 11.0. The maximum atomic E-state index is 15.0. The molecular formula is C29H29F4N3O7S. The predicted octanol–water partition coefficient (Wildman–Crippen LogP) is 3.55. The Kier molecular flexibility index (Phi) is 8.46. The first-order chi connectivity index (χ1) is 20.7. The van der Waals surface area contributed by atoms with Gasteiger partial charge in [-0.2, -0.15) is 17.5 Å². The summed E-state index contributed by atoms with van der Waals surface area (Å²) in [4.78, 5) is 38.2. The van der Waals surface area contributed by atoms with Gasteiger partial charge in [-0.1, -0.05) is 24.3 Å². The lowest BCUT2D eigenvalue weighted by Crippen LogP contribution is -2.55. The number of aromatic carboxylic acids is 1. The van der Waals surface area contributed by atoms with Crippen molar-refractivity contribution in [3.63, 3.8) is 0 Å². The zero-order chi connectivity index (χ0) is 32.0. The number of rotatable bonds is 8. The number of ether oxygens (including phenoxy) is 1. The molecule has 1 saturated heterocycles. The average Bonchev–Trinajstić information content (AvgIpc) is 3.58. The number of fused-ring (bicyclic) bond motifs is 2. The first kappa shape index (κ1) is 31.4. The van der Waals surface area contributed by atoms with Gasteiger partial charge in [0.15, 0.2) is 0 Å². The van der Waals surface area contributed by atoms with Gasteiger partial charge < -0.3 is 20.5 Å². The van der Waals surface area contributed by atoms with Crippen molar-refractivity contribution < 1.29 is 50.2 Å². The van der Waals surface area contributed by atoms with E-state index in [1.165, 1.54) is 37.4 Å². The lowest BCUT2D eigenvalue weighted by atomic mass is 9.87. The molecule has 15 heteroatoms. The van der Waals surface area contributed by atoms with E-state index in [1.807, 2.05) is 12.2 Å². The number of sulfonamides is 1. The number of carbonyl (C=O) groups is 3. The van der Waals surface area contributed by atoms with Crippen molar-refractivity contribution in [1.82, 2.24) is 14.9 Å². The van der Waals surface area contributed by atoms with Crippen LogP contribution >= 0.6 is 0 Å². The van der Waals surface area contributed by atoms with Crippen LogP contribution in [0.2, 0.25) is 0 Å². The molecule has 3 N–H and O–H groups in total. The fraction of sp³-hybridized carbons (Fsp3) is 0.414. The molecule has 5 rings (SSSR count). The van der Waals surface area contributed by atoms with E-state index in [4.69, 9.17) is 9.84 Å². The first-order valence-electron chi connectivity index (χ1n) is 13.8. The highest BCUT2D eigenvalue weighted by Gasteiger charge is 2.52. The normalized spacial score (nSPS) is 25.1. The van der Waals surface area contributed by atoms with E-state index in [9.17, 15) is 36.0 Å². The zero-order valence-corrected chi connectivity index (χ0v) is 24.1. The minimum Gasteiger partial charge on any atom is -0.496 e. The number of carbonyl (C=O) groups excluding carboxylic acids is 2. The van der Waals surface area contributed by atoms with Gasteiger partial charge in [0.05, 0.1) is 24.2 Å². The highest BCUT2D eigenvalue weighted by molar-refractivity contribution is 7.90. The topological polar surface area (TPSA) is 142 Å². The molecule has 0 unspecified atom stereocenters. The monoisotopic (exact) mass is 639 g/mol. The third kappa shape index (κ3) is 5.89. The van der Waals surface area contributed by atoms with Crippen molar-refractivity contribution in [2.45, 2.75) is 36.9 Å². The number of allylic oxidation sites excluding steroid dienone is 1. The number of halogens is 4. The van der Waals surface area contributed by atoms with Crippen molar-refractivity contribution in [3.8, 4) is 16.9 Å². The number of benzene rings is 2. The van der Waals surface area contributed by atoms with Gasteiger partial charge in [0.1, 0.15) is 11.6 Å². The summed E-state index contributed by atoms with van der Waals surface area (Å²) < 4.78 is 83.7. The number of alkyl halides is 3. The highest BCUT2D eigenvalue weighted by atomic mass is 32.2. The Bertz CT molecular complexity index is 1610. The number of amides is 2. The van der Waals surface area contributed by atoms with Gasteiger partial charge in [-0.05, 0) is 54.9 Å².